The van der Waals surface area contributed by atoms with Crippen LogP contribution in [-0.4, -0.2) is 27.2 Å². The molecule has 4 aromatic rings. The summed E-state index contributed by atoms with van der Waals surface area (Å²) in [5.74, 6) is 0.136. The van der Waals surface area contributed by atoms with Crippen LogP contribution in [0.25, 0.3) is 16.9 Å². The average Bonchev–Trinajstić information content (AvgIpc) is 3.42. The molecule has 0 aliphatic heterocycles. The van der Waals surface area contributed by atoms with Gasteiger partial charge in [0.2, 0.25) is 0 Å². The largest absolute Gasteiger partial charge is 0.496 e. The van der Waals surface area contributed by atoms with Crippen LogP contribution >= 0.6 is 23.1 Å². The van der Waals surface area contributed by atoms with E-state index in [9.17, 15) is 4.79 Å². The molecule has 8 heteroatoms. The third-order valence-corrected chi connectivity index (χ3v) is 5.00. The maximum absolute atomic E-state index is 12.8. The van der Waals surface area contributed by atoms with Crippen molar-refractivity contribution in [3.63, 3.8) is 0 Å². The Morgan fingerprint density at radius 1 is 1.18 bits per heavy atom. The van der Waals surface area contributed by atoms with Gasteiger partial charge in [-0.1, -0.05) is 28.2 Å². The fraction of sp³-hybridized carbons (Fsp3) is 0.0500. The van der Waals surface area contributed by atoms with Gasteiger partial charge in [0.1, 0.15) is 11.4 Å². The van der Waals surface area contributed by atoms with Crippen molar-refractivity contribution >= 4 is 34.7 Å². The van der Waals surface area contributed by atoms with Gasteiger partial charge in [0.25, 0.3) is 5.91 Å². The Labute approximate surface area is 170 Å². The first-order valence-corrected chi connectivity index (χ1v) is 9.57. The number of hydrogen-bond acceptors (Lipinski definition) is 5. The van der Waals surface area contributed by atoms with Crippen LogP contribution in [-0.2, 0) is 0 Å². The summed E-state index contributed by atoms with van der Waals surface area (Å²) in [5, 5.41) is 9.22. The van der Waals surface area contributed by atoms with Crippen molar-refractivity contribution in [2.75, 3.05) is 12.4 Å². The molecule has 0 unspecified atom stereocenters. The van der Waals surface area contributed by atoms with Crippen LogP contribution < -0.4 is 10.1 Å². The zero-order valence-electron chi connectivity index (χ0n) is 14.8. The number of anilines is 1. The standard InChI is InChI=1S/C20H15ClN4O2S/c1-27-19-11-18(25-8-2-3-9-25)16(21)10-15(19)20(26)22-14-6-4-13(5-7-14)17-12-28-24-23-17/h2-12H,1H3,(H,22,26). The predicted molar refractivity (Wildman–Crippen MR) is 111 cm³/mol. The monoisotopic (exact) mass is 410 g/mol. The highest BCUT2D eigenvalue weighted by Gasteiger charge is 2.17. The molecule has 1 amide bonds. The van der Waals surface area contributed by atoms with Crippen LogP contribution in [0.5, 0.6) is 5.75 Å². The van der Waals surface area contributed by atoms with Gasteiger partial charge in [-0.15, -0.1) is 5.10 Å². The van der Waals surface area contributed by atoms with Crippen LogP contribution in [0.2, 0.25) is 5.02 Å². The Kier molecular flexibility index (Phi) is 5.10. The molecule has 6 nitrogen and oxygen atoms in total. The SMILES string of the molecule is COc1cc(-n2cccc2)c(Cl)cc1C(=O)Nc1ccc(-c2csnn2)cc1. The summed E-state index contributed by atoms with van der Waals surface area (Å²) >= 11 is 7.70. The summed E-state index contributed by atoms with van der Waals surface area (Å²) in [6, 6.07) is 14.5. The van der Waals surface area contributed by atoms with E-state index in [0.29, 0.717) is 22.0 Å². The number of halogens is 1. The summed E-state index contributed by atoms with van der Waals surface area (Å²) < 4.78 is 11.1. The van der Waals surface area contributed by atoms with E-state index in [-0.39, 0.29) is 5.91 Å². The number of ether oxygens (including phenoxy) is 1. The number of nitrogens with zero attached hydrogens (tertiary/aromatic N) is 3. The van der Waals surface area contributed by atoms with E-state index >= 15 is 0 Å². The maximum atomic E-state index is 12.8. The Bertz CT molecular complexity index is 1090. The second-order valence-corrected chi connectivity index (χ2v) is 6.93. The Balaban J connectivity index is 1.58. The van der Waals surface area contributed by atoms with Gasteiger partial charge in [0.05, 0.1) is 23.4 Å². The maximum Gasteiger partial charge on any atom is 0.259 e. The van der Waals surface area contributed by atoms with Crippen molar-refractivity contribution in [2.45, 2.75) is 0 Å². The molecule has 0 bridgehead atoms. The Morgan fingerprint density at radius 3 is 2.57 bits per heavy atom. The Hall–Kier alpha value is -3.16. The quantitative estimate of drug-likeness (QED) is 0.507. The molecule has 0 atom stereocenters. The molecule has 0 spiro atoms. The lowest BCUT2D eigenvalue weighted by Gasteiger charge is -2.14. The number of benzene rings is 2. The molecule has 0 saturated heterocycles. The number of amides is 1. The lowest BCUT2D eigenvalue weighted by molar-refractivity contribution is 0.102. The van der Waals surface area contributed by atoms with Crippen LogP contribution in [0, 0.1) is 0 Å². The van der Waals surface area contributed by atoms with E-state index in [0.717, 1.165) is 16.9 Å². The van der Waals surface area contributed by atoms with Crippen molar-refractivity contribution < 1.29 is 9.53 Å². The molecule has 1 N–H and O–H groups in total. The molecule has 0 radical (unpaired) electrons. The smallest absolute Gasteiger partial charge is 0.259 e. The Morgan fingerprint density at radius 2 is 1.93 bits per heavy atom. The lowest BCUT2D eigenvalue weighted by Crippen LogP contribution is -2.13. The third kappa shape index (κ3) is 3.62. The second-order valence-electron chi connectivity index (χ2n) is 5.92. The van der Waals surface area contributed by atoms with E-state index in [1.165, 1.54) is 18.6 Å². The van der Waals surface area contributed by atoms with Crippen LogP contribution in [0.4, 0.5) is 5.69 Å². The highest BCUT2D eigenvalue weighted by atomic mass is 35.5. The molecule has 0 aliphatic rings. The first kappa shape index (κ1) is 18.2. The summed E-state index contributed by atoms with van der Waals surface area (Å²) in [7, 11) is 1.52. The van der Waals surface area contributed by atoms with Crippen LogP contribution in [0.3, 0.4) is 0 Å². The fourth-order valence-electron chi connectivity index (χ4n) is 2.80. The van der Waals surface area contributed by atoms with Crippen molar-refractivity contribution in [3.05, 3.63) is 76.9 Å². The first-order chi connectivity index (χ1) is 13.7. The third-order valence-electron chi connectivity index (χ3n) is 4.19. The first-order valence-electron chi connectivity index (χ1n) is 8.35. The second kappa shape index (κ2) is 7.84. The van der Waals surface area contributed by atoms with Gasteiger partial charge in [-0.25, -0.2) is 0 Å². The minimum Gasteiger partial charge on any atom is -0.496 e. The minimum atomic E-state index is -0.305. The minimum absolute atomic E-state index is 0.305. The van der Waals surface area contributed by atoms with Gasteiger partial charge < -0.3 is 14.6 Å². The molecule has 2 heterocycles. The van der Waals surface area contributed by atoms with E-state index in [2.05, 4.69) is 14.9 Å². The van der Waals surface area contributed by atoms with Crippen LogP contribution in [0.15, 0.2) is 66.3 Å². The molecular weight excluding hydrogens is 396 g/mol. The molecule has 2 aromatic carbocycles. The summed E-state index contributed by atoms with van der Waals surface area (Å²) in [4.78, 5) is 12.8. The molecule has 0 aliphatic carbocycles. The fourth-order valence-corrected chi connectivity index (χ4v) is 3.52. The number of hydrogen-bond donors (Lipinski definition) is 1. The number of carbonyl (C=O) groups excluding carboxylic acids is 1. The van der Waals surface area contributed by atoms with Gasteiger partial charge in [-0.2, -0.15) is 0 Å². The van der Waals surface area contributed by atoms with Gasteiger partial charge in [0.15, 0.2) is 0 Å². The van der Waals surface area contributed by atoms with Gasteiger partial charge in [-0.05, 0) is 41.9 Å². The molecule has 4 rings (SSSR count). The van der Waals surface area contributed by atoms with Crippen molar-refractivity contribution in [1.82, 2.24) is 14.2 Å². The van der Waals surface area contributed by atoms with Crippen LogP contribution in [0.1, 0.15) is 10.4 Å². The average molecular weight is 411 g/mol. The predicted octanol–water partition coefficient (Wildman–Crippen LogP) is 4.91. The lowest BCUT2D eigenvalue weighted by atomic mass is 10.1. The summed E-state index contributed by atoms with van der Waals surface area (Å²) in [6.07, 6.45) is 3.75. The zero-order valence-corrected chi connectivity index (χ0v) is 16.4. The molecule has 140 valence electrons. The number of methoxy groups -OCH3 is 1. The highest BCUT2D eigenvalue weighted by Crippen LogP contribution is 2.30. The number of carbonyl (C=O) groups is 1. The van der Waals surface area contributed by atoms with Crippen molar-refractivity contribution in [3.8, 4) is 22.7 Å². The van der Waals surface area contributed by atoms with Crippen molar-refractivity contribution in [1.29, 1.82) is 0 Å². The van der Waals surface area contributed by atoms with Gasteiger partial charge in [-0.3, -0.25) is 4.79 Å². The van der Waals surface area contributed by atoms with E-state index < -0.39 is 0 Å². The topological polar surface area (TPSA) is 69.0 Å². The molecule has 0 fully saturated rings. The molecule has 2 aromatic heterocycles. The van der Waals surface area contributed by atoms with E-state index in [4.69, 9.17) is 16.3 Å². The van der Waals surface area contributed by atoms with E-state index in [1.807, 2.05) is 58.7 Å². The number of rotatable bonds is 5. The van der Waals surface area contributed by atoms with E-state index in [1.54, 1.807) is 12.1 Å². The molecule has 0 saturated carbocycles. The summed E-state index contributed by atoms with van der Waals surface area (Å²) in [5.41, 5.74) is 3.49. The van der Waals surface area contributed by atoms with Gasteiger partial charge in [0, 0.05) is 35.1 Å². The zero-order chi connectivity index (χ0) is 19.5. The van der Waals surface area contributed by atoms with Crippen molar-refractivity contribution in [2.24, 2.45) is 0 Å². The normalized spacial score (nSPS) is 10.6. The summed E-state index contributed by atoms with van der Waals surface area (Å²) in [6.45, 7) is 0. The molecular formula is C20H15ClN4O2S. The van der Waals surface area contributed by atoms with Gasteiger partial charge >= 0.3 is 0 Å². The molecule has 28 heavy (non-hydrogen) atoms. The number of nitrogens with one attached hydrogen (secondary N) is 1. The highest BCUT2D eigenvalue weighted by molar-refractivity contribution is 7.03. The number of aromatic nitrogens is 3.